The SMILES string of the molecule is c1ccc(-c2nnc(CN3CC[C@@H](CNc4ccccn4)C3)o2)cc1. The van der Waals surface area contributed by atoms with E-state index in [1.54, 1.807) is 0 Å². The first-order valence-corrected chi connectivity index (χ1v) is 8.62. The van der Waals surface area contributed by atoms with Crippen molar-refractivity contribution < 1.29 is 4.42 Å². The van der Waals surface area contributed by atoms with Gasteiger partial charge in [0.05, 0.1) is 6.54 Å². The first-order valence-electron chi connectivity index (χ1n) is 8.62. The molecule has 0 spiro atoms. The molecular weight excluding hydrogens is 314 g/mol. The fourth-order valence-corrected chi connectivity index (χ4v) is 3.15. The van der Waals surface area contributed by atoms with E-state index in [1.807, 2.05) is 54.7 Å². The van der Waals surface area contributed by atoms with Gasteiger partial charge in [0.15, 0.2) is 0 Å². The van der Waals surface area contributed by atoms with Crippen molar-refractivity contribution in [3.05, 3.63) is 60.6 Å². The molecule has 1 saturated heterocycles. The molecule has 1 N–H and O–H groups in total. The lowest BCUT2D eigenvalue weighted by molar-refractivity contribution is 0.283. The zero-order valence-electron chi connectivity index (χ0n) is 14.0. The smallest absolute Gasteiger partial charge is 0.247 e. The molecule has 25 heavy (non-hydrogen) atoms. The van der Waals surface area contributed by atoms with E-state index in [0.29, 0.717) is 24.2 Å². The predicted molar refractivity (Wildman–Crippen MR) is 95.8 cm³/mol. The van der Waals surface area contributed by atoms with Gasteiger partial charge in [-0.2, -0.15) is 0 Å². The minimum Gasteiger partial charge on any atom is -0.419 e. The highest BCUT2D eigenvalue weighted by molar-refractivity contribution is 5.51. The van der Waals surface area contributed by atoms with Gasteiger partial charge in [0.1, 0.15) is 5.82 Å². The summed E-state index contributed by atoms with van der Waals surface area (Å²) in [6, 6.07) is 15.8. The molecule has 4 rings (SSSR count). The van der Waals surface area contributed by atoms with Crippen LogP contribution in [0.25, 0.3) is 11.5 Å². The molecule has 1 fully saturated rings. The van der Waals surface area contributed by atoms with Gasteiger partial charge in [0.25, 0.3) is 0 Å². The normalized spacial score (nSPS) is 17.7. The van der Waals surface area contributed by atoms with Gasteiger partial charge in [-0.15, -0.1) is 10.2 Å². The molecule has 6 nitrogen and oxygen atoms in total. The number of nitrogens with one attached hydrogen (secondary N) is 1. The highest BCUT2D eigenvalue weighted by Crippen LogP contribution is 2.21. The summed E-state index contributed by atoms with van der Waals surface area (Å²) in [5.41, 5.74) is 0.958. The summed E-state index contributed by atoms with van der Waals surface area (Å²) in [6.07, 6.45) is 2.97. The van der Waals surface area contributed by atoms with E-state index in [-0.39, 0.29) is 0 Å². The Morgan fingerprint density at radius 1 is 1.08 bits per heavy atom. The van der Waals surface area contributed by atoms with Gasteiger partial charge >= 0.3 is 0 Å². The largest absolute Gasteiger partial charge is 0.419 e. The van der Waals surface area contributed by atoms with Crippen LogP contribution in [0.4, 0.5) is 5.82 Å². The standard InChI is InChI=1S/C19H21N5O/c1-2-6-16(7-3-1)19-23-22-18(25-19)14-24-11-9-15(13-24)12-21-17-8-4-5-10-20-17/h1-8,10,15H,9,11-14H2,(H,20,21)/t15-/m0/s1. The molecule has 1 atom stereocenters. The second kappa shape index (κ2) is 7.44. The van der Waals surface area contributed by atoms with E-state index in [2.05, 4.69) is 25.4 Å². The Balaban J connectivity index is 1.29. The molecule has 3 aromatic rings. The molecule has 0 bridgehead atoms. The molecule has 0 aliphatic carbocycles. The Bertz CT molecular complexity index is 790. The second-order valence-corrected chi connectivity index (χ2v) is 6.35. The van der Waals surface area contributed by atoms with Crippen molar-refractivity contribution in [2.75, 3.05) is 25.0 Å². The molecule has 0 amide bonds. The van der Waals surface area contributed by atoms with Crippen molar-refractivity contribution in [2.24, 2.45) is 5.92 Å². The Hall–Kier alpha value is -2.73. The van der Waals surface area contributed by atoms with Crippen molar-refractivity contribution in [3.8, 4) is 11.5 Å². The highest BCUT2D eigenvalue weighted by Gasteiger charge is 2.24. The summed E-state index contributed by atoms with van der Waals surface area (Å²) >= 11 is 0. The number of pyridine rings is 1. The zero-order valence-corrected chi connectivity index (χ0v) is 14.0. The van der Waals surface area contributed by atoms with Gasteiger partial charge in [0.2, 0.25) is 11.8 Å². The van der Waals surface area contributed by atoms with Crippen molar-refractivity contribution in [3.63, 3.8) is 0 Å². The average Bonchev–Trinajstić information content (AvgIpc) is 3.32. The third kappa shape index (κ3) is 4.03. The average molecular weight is 335 g/mol. The Morgan fingerprint density at radius 3 is 2.80 bits per heavy atom. The fraction of sp³-hybridized carbons (Fsp3) is 0.316. The summed E-state index contributed by atoms with van der Waals surface area (Å²) in [4.78, 5) is 6.67. The Kier molecular flexibility index (Phi) is 4.70. The molecule has 3 heterocycles. The third-order valence-electron chi connectivity index (χ3n) is 4.45. The van der Waals surface area contributed by atoms with Crippen LogP contribution in [0.15, 0.2) is 59.1 Å². The van der Waals surface area contributed by atoms with Crippen LogP contribution in [0.2, 0.25) is 0 Å². The number of rotatable bonds is 6. The maximum Gasteiger partial charge on any atom is 0.247 e. The maximum atomic E-state index is 5.81. The molecule has 2 aromatic heterocycles. The quantitative estimate of drug-likeness (QED) is 0.747. The lowest BCUT2D eigenvalue weighted by atomic mass is 10.1. The summed E-state index contributed by atoms with van der Waals surface area (Å²) in [6.45, 7) is 3.73. The van der Waals surface area contributed by atoms with Gasteiger partial charge in [-0.25, -0.2) is 4.98 Å². The van der Waals surface area contributed by atoms with Crippen molar-refractivity contribution in [1.29, 1.82) is 0 Å². The minimum atomic E-state index is 0.586. The van der Waals surface area contributed by atoms with Crippen LogP contribution < -0.4 is 5.32 Å². The summed E-state index contributed by atoms with van der Waals surface area (Å²) in [7, 11) is 0. The maximum absolute atomic E-state index is 5.81. The van der Waals surface area contributed by atoms with Crippen molar-refractivity contribution in [1.82, 2.24) is 20.1 Å². The summed E-state index contributed by atoms with van der Waals surface area (Å²) < 4.78 is 5.81. The van der Waals surface area contributed by atoms with Gasteiger partial charge in [-0.3, -0.25) is 4.90 Å². The highest BCUT2D eigenvalue weighted by atomic mass is 16.4. The molecule has 1 aliphatic rings. The van der Waals surface area contributed by atoms with Crippen LogP contribution >= 0.6 is 0 Å². The van der Waals surface area contributed by atoms with E-state index in [4.69, 9.17) is 4.42 Å². The molecule has 0 radical (unpaired) electrons. The zero-order chi connectivity index (χ0) is 16.9. The molecule has 128 valence electrons. The topological polar surface area (TPSA) is 67.1 Å². The van der Waals surface area contributed by atoms with Crippen LogP contribution in [0.1, 0.15) is 12.3 Å². The summed E-state index contributed by atoms with van der Waals surface area (Å²) in [5, 5.41) is 11.8. The van der Waals surface area contributed by atoms with Crippen LogP contribution in [-0.4, -0.2) is 39.7 Å². The number of hydrogen-bond acceptors (Lipinski definition) is 6. The second-order valence-electron chi connectivity index (χ2n) is 6.35. The van der Waals surface area contributed by atoms with Gasteiger partial charge in [-0.1, -0.05) is 24.3 Å². The summed E-state index contributed by atoms with van der Waals surface area (Å²) in [5.74, 6) is 2.81. The number of anilines is 1. The Morgan fingerprint density at radius 2 is 1.96 bits per heavy atom. The lowest BCUT2D eigenvalue weighted by Crippen LogP contribution is -2.23. The van der Waals surface area contributed by atoms with Crippen LogP contribution in [0.3, 0.4) is 0 Å². The fourth-order valence-electron chi connectivity index (χ4n) is 3.15. The van der Waals surface area contributed by atoms with Gasteiger partial charge < -0.3 is 9.73 Å². The number of benzene rings is 1. The number of nitrogens with zero attached hydrogens (tertiary/aromatic N) is 4. The number of aromatic nitrogens is 3. The van der Waals surface area contributed by atoms with Crippen molar-refractivity contribution in [2.45, 2.75) is 13.0 Å². The van der Waals surface area contributed by atoms with E-state index in [1.165, 1.54) is 6.42 Å². The third-order valence-corrected chi connectivity index (χ3v) is 4.45. The van der Waals surface area contributed by atoms with Crippen LogP contribution in [0.5, 0.6) is 0 Å². The Labute approximate surface area is 146 Å². The predicted octanol–water partition coefficient (Wildman–Crippen LogP) is 3.07. The molecule has 0 saturated carbocycles. The molecular formula is C19H21N5O. The van der Waals surface area contributed by atoms with Gasteiger partial charge in [0, 0.05) is 24.8 Å². The van der Waals surface area contributed by atoms with Crippen LogP contribution in [0, 0.1) is 5.92 Å². The van der Waals surface area contributed by atoms with Crippen LogP contribution in [-0.2, 0) is 6.54 Å². The molecule has 6 heteroatoms. The van der Waals surface area contributed by atoms with Gasteiger partial charge in [-0.05, 0) is 43.1 Å². The van der Waals surface area contributed by atoms with E-state index >= 15 is 0 Å². The van der Waals surface area contributed by atoms with E-state index < -0.39 is 0 Å². The monoisotopic (exact) mass is 335 g/mol. The molecule has 1 aliphatic heterocycles. The van der Waals surface area contributed by atoms with E-state index in [0.717, 1.165) is 31.0 Å². The first kappa shape index (κ1) is 15.8. The minimum absolute atomic E-state index is 0.586. The molecule has 0 unspecified atom stereocenters. The number of likely N-dealkylation sites (tertiary alicyclic amines) is 1. The lowest BCUT2D eigenvalue weighted by Gasteiger charge is -2.14. The first-order chi connectivity index (χ1) is 12.4. The number of hydrogen-bond donors (Lipinski definition) is 1. The van der Waals surface area contributed by atoms with E-state index in [9.17, 15) is 0 Å². The van der Waals surface area contributed by atoms with Crippen molar-refractivity contribution >= 4 is 5.82 Å². The molecule has 1 aromatic carbocycles.